The Kier molecular flexibility index (Phi) is 6.90. The van der Waals surface area contributed by atoms with E-state index in [2.05, 4.69) is 9.62 Å². The number of ether oxygens (including phenoxy) is 2. The van der Waals surface area contributed by atoms with Gasteiger partial charge in [-0.3, -0.25) is 4.90 Å². The lowest BCUT2D eigenvalue weighted by Gasteiger charge is -2.17. The van der Waals surface area contributed by atoms with Crippen LogP contribution in [0.3, 0.4) is 0 Å². The minimum Gasteiger partial charge on any atom is -0.497 e. The summed E-state index contributed by atoms with van der Waals surface area (Å²) in [5.74, 6) is 1.35. The zero-order valence-electron chi connectivity index (χ0n) is 15.9. The molecule has 2 aromatic rings. The third-order valence-corrected chi connectivity index (χ3v) is 6.19. The summed E-state index contributed by atoms with van der Waals surface area (Å²) in [5, 5.41) is 8.79. The van der Waals surface area contributed by atoms with E-state index in [0.29, 0.717) is 12.3 Å². The highest BCUT2D eigenvalue weighted by atomic mass is 32.2. The average Bonchev–Trinajstić information content (AvgIpc) is 3.13. The van der Waals surface area contributed by atoms with Gasteiger partial charge in [0, 0.05) is 25.7 Å². The van der Waals surface area contributed by atoms with Gasteiger partial charge in [0.15, 0.2) is 0 Å². The Morgan fingerprint density at radius 1 is 1.11 bits per heavy atom. The van der Waals surface area contributed by atoms with E-state index >= 15 is 0 Å². The van der Waals surface area contributed by atoms with Crippen LogP contribution in [0.25, 0.3) is 0 Å². The number of methoxy groups -OCH3 is 1. The van der Waals surface area contributed by atoms with Gasteiger partial charge in [-0.15, -0.1) is 0 Å². The van der Waals surface area contributed by atoms with Crippen molar-refractivity contribution in [1.29, 1.82) is 0 Å². The van der Waals surface area contributed by atoms with Crippen molar-refractivity contribution in [3.8, 4) is 11.5 Å². The molecule has 1 heterocycles. The number of nitrogens with one attached hydrogen (secondary N) is 1. The number of aliphatic hydroxyl groups excluding tert-OH is 1. The summed E-state index contributed by atoms with van der Waals surface area (Å²) in [6.45, 7) is 2.52. The van der Waals surface area contributed by atoms with Crippen molar-refractivity contribution in [3.63, 3.8) is 0 Å². The second-order valence-corrected chi connectivity index (χ2v) is 8.45. The highest BCUT2D eigenvalue weighted by Gasteiger charge is 2.27. The Hall–Kier alpha value is -2.13. The van der Waals surface area contributed by atoms with E-state index < -0.39 is 10.0 Å². The van der Waals surface area contributed by atoms with Crippen molar-refractivity contribution in [2.75, 3.05) is 33.4 Å². The third kappa shape index (κ3) is 5.45. The molecular formula is C20H26N2O5S. The first-order valence-corrected chi connectivity index (χ1v) is 10.7. The van der Waals surface area contributed by atoms with Gasteiger partial charge in [0.25, 0.3) is 0 Å². The molecule has 1 aliphatic rings. The van der Waals surface area contributed by atoms with Crippen molar-refractivity contribution in [2.24, 2.45) is 0 Å². The number of nitrogens with zero attached hydrogens (tertiary/aromatic N) is 1. The molecular weight excluding hydrogens is 380 g/mol. The molecule has 2 aromatic carbocycles. The first kappa shape index (κ1) is 20.6. The lowest BCUT2D eigenvalue weighted by Crippen LogP contribution is -2.36. The molecule has 0 spiro atoms. The quantitative estimate of drug-likeness (QED) is 0.658. The highest BCUT2D eigenvalue weighted by Crippen LogP contribution is 2.20. The summed E-state index contributed by atoms with van der Waals surface area (Å²) in [7, 11) is -2.00. The number of hydrogen-bond acceptors (Lipinski definition) is 6. The molecule has 1 atom stereocenters. The Bertz CT molecular complexity index is 853. The monoisotopic (exact) mass is 406 g/mol. The van der Waals surface area contributed by atoms with E-state index in [-0.39, 0.29) is 24.2 Å². The van der Waals surface area contributed by atoms with Crippen LogP contribution < -0.4 is 14.2 Å². The molecule has 1 saturated heterocycles. The van der Waals surface area contributed by atoms with Gasteiger partial charge in [-0.05, 0) is 48.4 Å². The van der Waals surface area contributed by atoms with E-state index in [1.54, 1.807) is 31.4 Å². The van der Waals surface area contributed by atoms with Crippen LogP contribution in [0.5, 0.6) is 11.5 Å². The molecule has 0 amide bonds. The van der Waals surface area contributed by atoms with Gasteiger partial charge < -0.3 is 14.6 Å². The van der Waals surface area contributed by atoms with Crippen molar-refractivity contribution >= 4 is 10.0 Å². The zero-order chi connectivity index (χ0) is 20.0. The van der Waals surface area contributed by atoms with Gasteiger partial charge in [0.05, 0.1) is 18.6 Å². The summed E-state index contributed by atoms with van der Waals surface area (Å²) >= 11 is 0. The lowest BCUT2D eigenvalue weighted by molar-refractivity contribution is 0.201. The van der Waals surface area contributed by atoms with Gasteiger partial charge in [-0.25, -0.2) is 13.1 Å². The minimum atomic E-state index is -3.55. The van der Waals surface area contributed by atoms with Crippen LogP contribution in [0.15, 0.2) is 53.4 Å². The zero-order valence-corrected chi connectivity index (χ0v) is 16.7. The van der Waals surface area contributed by atoms with E-state index in [0.717, 1.165) is 30.8 Å². The van der Waals surface area contributed by atoms with Crippen molar-refractivity contribution < 1.29 is 23.0 Å². The number of benzene rings is 2. The van der Waals surface area contributed by atoms with Crippen LogP contribution in [0.1, 0.15) is 12.0 Å². The molecule has 2 N–H and O–H groups in total. The average molecular weight is 407 g/mol. The van der Waals surface area contributed by atoms with Gasteiger partial charge >= 0.3 is 0 Å². The fourth-order valence-corrected chi connectivity index (χ4v) is 4.49. The molecule has 0 unspecified atom stereocenters. The number of aliphatic hydroxyl groups is 1. The van der Waals surface area contributed by atoms with E-state index in [1.165, 1.54) is 0 Å². The van der Waals surface area contributed by atoms with Crippen LogP contribution >= 0.6 is 0 Å². The maximum absolute atomic E-state index is 12.6. The van der Waals surface area contributed by atoms with E-state index in [1.807, 2.05) is 24.3 Å². The smallest absolute Gasteiger partial charge is 0.240 e. The second kappa shape index (κ2) is 9.38. The fourth-order valence-electron chi connectivity index (χ4n) is 3.23. The predicted molar refractivity (Wildman–Crippen MR) is 106 cm³/mol. The molecule has 28 heavy (non-hydrogen) atoms. The predicted octanol–water partition coefficient (Wildman–Crippen LogP) is 1.62. The Morgan fingerprint density at radius 3 is 2.43 bits per heavy atom. The molecule has 8 heteroatoms. The SMILES string of the molecule is COc1ccc(S(=O)(=O)N[C@@H]2CCN(Cc3ccc(OCCO)cc3)C2)cc1. The van der Waals surface area contributed by atoms with E-state index in [4.69, 9.17) is 14.6 Å². The molecule has 1 aliphatic heterocycles. The van der Waals surface area contributed by atoms with Crippen molar-refractivity contribution in [1.82, 2.24) is 9.62 Å². The minimum absolute atomic E-state index is 0.0106. The van der Waals surface area contributed by atoms with Crippen molar-refractivity contribution in [3.05, 3.63) is 54.1 Å². The molecule has 0 bridgehead atoms. The molecule has 1 fully saturated rings. The summed E-state index contributed by atoms with van der Waals surface area (Å²) in [6.07, 6.45) is 0.771. The Balaban J connectivity index is 1.53. The summed E-state index contributed by atoms with van der Waals surface area (Å²) in [4.78, 5) is 2.47. The van der Waals surface area contributed by atoms with Crippen LogP contribution in [-0.4, -0.2) is 57.9 Å². The molecule has 7 nitrogen and oxygen atoms in total. The number of likely N-dealkylation sites (tertiary alicyclic amines) is 1. The van der Waals surface area contributed by atoms with Gasteiger partial charge in [0.2, 0.25) is 10.0 Å². The second-order valence-electron chi connectivity index (χ2n) is 6.73. The summed E-state index contributed by atoms with van der Waals surface area (Å²) in [6, 6.07) is 14.0. The maximum atomic E-state index is 12.6. The molecule has 0 radical (unpaired) electrons. The molecule has 0 aromatic heterocycles. The van der Waals surface area contributed by atoms with Crippen LogP contribution in [0.4, 0.5) is 0 Å². The van der Waals surface area contributed by atoms with Crippen LogP contribution in [0.2, 0.25) is 0 Å². The molecule has 0 aliphatic carbocycles. The summed E-state index contributed by atoms with van der Waals surface area (Å²) < 4.78 is 38.4. The largest absolute Gasteiger partial charge is 0.497 e. The molecule has 3 rings (SSSR count). The molecule has 0 saturated carbocycles. The maximum Gasteiger partial charge on any atom is 0.240 e. The topological polar surface area (TPSA) is 88.1 Å². The first-order valence-electron chi connectivity index (χ1n) is 9.21. The van der Waals surface area contributed by atoms with Crippen LogP contribution in [-0.2, 0) is 16.6 Å². The molecule has 152 valence electrons. The van der Waals surface area contributed by atoms with E-state index in [9.17, 15) is 8.42 Å². The first-order chi connectivity index (χ1) is 13.5. The number of sulfonamides is 1. The number of rotatable bonds is 9. The third-order valence-electron chi connectivity index (χ3n) is 4.65. The Morgan fingerprint density at radius 2 is 1.79 bits per heavy atom. The van der Waals surface area contributed by atoms with Crippen molar-refractivity contribution in [2.45, 2.75) is 23.9 Å². The van der Waals surface area contributed by atoms with Gasteiger partial charge in [-0.1, -0.05) is 12.1 Å². The van der Waals surface area contributed by atoms with Gasteiger partial charge in [0.1, 0.15) is 18.1 Å². The summed E-state index contributed by atoms with van der Waals surface area (Å²) in [5.41, 5.74) is 1.13. The lowest BCUT2D eigenvalue weighted by atomic mass is 10.2. The van der Waals surface area contributed by atoms with Crippen LogP contribution in [0, 0.1) is 0 Å². The fraction of sp³-hybridized carbons (Fsp3) is 0.400. The highest BCUT2D eigenvalue weighted by molar-refractivity contribution is 7.89. The Labute approximate surface area is 165 Å². The van der Waals surface area contributed by atoms with Gasteiger partial charge in [-0.2, -0.15) is 0 Å². The normalized spacial score (nSPS) is 17.6. The number of hydrogen-bond donors (Lipinski definition) is 2. The standard InChI is InChI=1S/C20H26N2O5S/c1-26-18-6-8-20(9-7-18)28(24,25)21-17-10-11-22(15-17)14-16-2-4-19(5-3-16)27-13-12-23/h2-9,17,21,23H,10-15H2,1H3/t17-/m1/s1.